The lowest BCUT2D eigenvalue weighted by Crippen LogP contribution is -2.12. The lowest BCUT2D eigenvalue weighted by molar-refractivity contribution is 0.0171. The number of nitrogens with zero attached hydrogens (tertiary/aromatic N) is 12. The summed E-state index contributed by atoms with van der Waals surface area (Å²) >= 11 is 18.6. The SMILES string of the molecule is CN(c1cncnc1)c1cc(Cl)cc(C(=O)Cc2ccc(C(C)(F)F)cn2)c1.Cc1ccnc(CC(=O)c2cc(Cl)cc(N(C)c3cncnc3)c2)c1.Cc1cncc(CC(=O)c2cc(Cl)cc(N(C)c3cncnc3)c2)c1. The first-order valence-corrected chi connectivity index (χ1v) is 25.1. The molecule has 0 amide bonds. The van der Waals surface area contributed by atoms with Gasteiger partial charge in [-0.15, -0.1) is 0 Å². The molecule has 0 N–H and O–H groups in total. The van der Waals surface area contributed by atoms with Gasteiger partial charge in [-0.1, -0.05) is 40.9 Å². The smallest absolute Gasteiger partial charge is 0.272 e. The topological polar surface area (TPSA) is 177 Å². The molecule has 9 aromatic rings. The van der Waals surface area contributed by atoms with Crippen molar-refractivity contribution in [2.45, 2.75) is 46.0 Å². The predicted molar refractivity (Wildman–Crippen MR) is 300 cm³/mol. The summed E-state index contributed by atoms with van der Waals surface area (Å²) in [6.07, 6.45) is 21.2. The number of rotatable bonds is 16. The molecule has 0 saturated carbocycles. The van der Waals surface area contributed by atoms with Crippen LogP contribution in [-0.4, -0.2) is 83.3 Å². The van der Waals surface area contributed by atoms with Crippen LogP contribution in [0.25, 0.3) is 0 Å². The maximum Gasteiger partial charge on any atom is 0.272 e. The summed E-state index contributed by atoms with van der Waals surface area (Å²) in [7, 11) is 5.56. The van der Waals surface area contributed by atoms with Crippen LogP contribution in [-0.2, 0) is 25.2 Å². The predicted octanol–water partition coefficient (Wildman–Crippen LogP) is 12.9. The number of halogens is 5. The van der Waals surface area contributed by atoms with Crippen LogP contribution in [0.5, 0.6) is 0 Å². The maximum absolute atomic E-state index is 13.3. The van der Waals surface area contributed by atoms with Crippen LogP contribution >= 0.6 is 34.8 Å². The molecule has 0 bridgehead atoms. The third kappa shape index (κ3) is 16.3. The molecule has 0 aliphatic heterocycles. The Morgan fingerprint density at radius 3 is 1.26 bits per heavy atom. The Hall–Kier alpha value is -8.51. The van der Waals surface area contributed by atoms with Gasteiger partial charge in [-0.05, 0) is 109 Å². The van der Waals surface area contributed by atoms with E-state index in [2.05, 4.69) is 44.9 Å². The molecule has 3 aromatic carbocycles. The number of alkyl halides is 2. The van der Waals surface area contributed by atoms with Crippen molar-refractivity contribution >= 4 is 86.3 Å². The maximum atomic E-state index is 13.3. The summed E-state index contributed by atoms with van der Waals surface area (Å²) in [6.45, 7) is 4.73. The largest absolute Gasteiger partial charge is 0.342 e. The normalized spacial score (nSPS) is 10.8. The Labute approximate surface area is 465 Å². The second kappa shape index (κ2) is 26.5. The molecule has 0 fully saturated rings. The first kappa shape index (κ1) is 57.2. The van der Waals surface area contributed by atoms with Crippen LogP contribution in [0.3, 0.4) is 0 Å². The molecular weight excluding hydrogens is 1060 g/mol. The Morgan fingerprint density at radius 2 is 0.872 bits per heavy atom. The van der Waals surface area contributed by atoms with Crippen LogP contribution in [0.15, 0.2) is 166 Å². The quantitative estimate of drug-likeness (QED) is 0.0834. The Balaban J connectivity index is 0.000000170. The van der Waals surface area contributed by atoms with E-state index in [1.807, 2.05) is 75.1 Å². The van der Waals surface area contributed by atoms with Crippen molar-refractivity contribution < 1.29 is 23.2 Å². The van der Waals surface area contributed by atoms with Gasteiger partial charge in [-0.25, -0.2) is 38.7 Å². The highest BCUT2D eigenvalue weighted by molar-refractivity contribution is 6.32. The number of Topliss-reactive ketones (excluding diaryl/α,β-unsaturated/α-hetero) is 3. The van der Waals surface area contributed by atoms with Crippen LogP contribution in [0.4, 0.5) is 42.9 Å². The van der Waals surface area contributed by atoms with Gasteiger partial charge in [0.1, 0.15) is 19.0 Å². The number of pyridine rings is 3. The van der Waals surface area contributed by atoms with Crippen molar-refractivity contribution in [1.29, 1.82) is 0 Å². The average molecular weight is 1110 g/mol. The van der Waals surface area contributed by atoms with E-state index in [0.717, 1.165) is 63.9 Å². The highest BCUT2D eigenvalue weighted by atomic mass is 35.5. The summed E-state index contributed by atoms with van der Waals surface area (Å²) in [5.74, 6) is -3.22. The summed E-state index contributed by atoms with van der Waals surface area (Å²) in [5.41, 5.74) is 10.1. The number of hydrogen-bond acceptors (Lipinski definition) is 15. The fourth-order valence-electron chi connectivity index (χ4n) is 7.65. The van der Waals surface area contributed by atoms with E-state index in [-0.39, 0.29) is 42.2 Å². The number of benzene rings is 3. The molecule has 0 atom stereocenters. The highest BCUT2D eigenvalue weighted by Gasteiger charge is 2.25. The standard InChI is InChI=1S/C20H17ClF2N4O.2C19H17ClN4O/c1-20(22,23)14-3-4-16(26-9-14)8-19(28)13-5-15(21)7-17(6-13)27(2)18-10-24-12-25-11-18;1-13-3-14(9-21-8-13)4-19(25)15-5-16(20)7-17(6-15)24(2)18-10-22-12-23-11-18;1-13-3-4-23-16(5-13)9-19(25)14-6-15(20)8-17(7-14)24(2)18-10-21-12-22-11-18/h3-7,9-12H,8H2,1-2H3;3,5-12H,4H2,1-2H3;3-8,10-12H,9H2,1-2H3. The molecule has 20 heteroatoms. The van der Waals surface area contributed by atoms with E-state index in [1.54, 1.807) is 103 Å². The fraction of sp³-hybridized carbons (Fsp3) is 0.172. The molecule has 6 aromatic heterocycles. The van der Waals surface area contributed by atoms with Gasteiger partial charge in [0, 0.05) is 125 Å². The molecule has 6 heterocycles. The first-order valence-electron chi connectivity index (χ1n) is 23.9. The number of aryl methyl sites for hydroxylation is 2. The molecule has 396 valence electrons. The number of aromatic nitrogens is 9. The van der Waals surface area contributed by atoms with Crippen LogP contribution in [0.2, 0.25) is 15.1 Å². The zero-order valence-electron chi connectivity index (χ0n) is 43.2. The van der Waals surface area contributed by atoms with E-state index in [4.69, 9.17) is 34.8 Å². The molecule has 0 saturated heterocycles. The van der Waals surface area contributed by atoms with Crippen LogP contribution < -0.4 is 14.7 Å². The van der Waals surface area contributed by atoms with Gasteiger partial charge in [-0.3, -0.25) is 29.3 Å². The van der Waals surface area contributed by atoms with Crippen LogP contribution in [0, 0.1) is 13.8 Å². The molecule has 0 unspecified atom stereocenters. The number of hydrogen-bond donors (Lipinski definition) is 0. The molecule has 0 spiro atoms. The summed E-state index contributed by atoms with van der Waals surface area (Å²) in [6, 6.07) is 24.1. The second-order valence-electron chi connectivity index (χ2n) is 18.0. The van der Waals surface area contributed by atoms with Gasteiger partial charge in [0.15, 0.2) is 17.3 Å². The van der Waals surface area contributed by atoms with Crippen molar-refractivity contribution in [3.05, 3.63) is 231 Å². The average Bonchev–Trinajstić information content (AvgIpc) is 3.43. The van der Waals surface area contributed by atoms with Crippen LogP contribution in [0.1, 0.15) is 71.6 Å². The van der Waals surface area contributed by atoms with Crippen molar-refractivity contribution in [2.24, 2.45) is 0 Å². The van der Waals surface area contributed by atoms with E-state index >= 15 is 0 Å². The fourth-order valence-corrected chi connectivity index (χ4v) is 8.33. The van der Waals surface area contributed by atoms with E-state index in [1.165, 1.54) is 31.1 Å². The second-order valence-corrected chi connectivity index (χ2v) is 19.3. The van der Waals surface area contributed by atoms with E-state index in [9.17, 15) is 23.2 Å². The van der Waals surface area contributed by atoms with Gasteiger partial charge in [0.25, 0.3) is 5.92 Å². The summed E-state index contributed by atoms with van der Waals surface area (Å²) in [5, 5.41) is 1.41. The van der Waals surface area contributed by atoms with E-state index in [0.29, 0.717) is 43.1 Å². The summed E-state index contributed by atoms with van der Waals surface area (Å²) in [4.78, 5) is 79.9. The monoisotopic (exact) mass is 1110 g/mol. The van der Waals surface area contributed by atoms with Gasteiger partial charge in [-0.2, -0.15) is 0 Å². The lowest BCUT2D eigenvalue weighted by atomic mass is 10.0. The van der Waals surface area contributed by atoms with Crippen molar-refractivity contribution in [2.75, 3.05) is 35.8 Å². The molecule has 0 radical (unpaired) electrons. The zero-order valence-corrected chi connectivity index (χ0v) is 45.5. The van der Waals surface area contributed by atoms with Gasteiger partial charge in [0.2, 0.25) is 0 Å². The Bertz CT molecular complexity index is 3360. The minimum absolute atomic E-state index is 0.00568. The number of carbonyl (C=O) groups is 3. The minimum Gasteiger partial charge on any atom is -0.342 e. The van der Waals surface area contributed by atoms with Crippen molar-refractivity contribution in [3.8, 4) is 0 Å². The third-order valence-corrected chi connectivity index (χ3v) is 12.5. The lowest BCUT2D eigenvalue weighted by Gasteiger charge is -2.19. The van der Waals surface area contributed by atoms with Crippen molar-refractivity contribution in [1.82, 2.24) is 44.9 Å². The number of anilines is 6. The van der Waals surface area contributed by atoms with Crippen molar-refractivity contribution in [3.63, 3.8) is 0 Å². The molecule has 78 heavy (non-hydrogen) atoms. The van der Waals surface area contributed by atoms with Gasteiger partial charge in [0.05, 0.1) is 67.1 Å². The molecule has 0 aliphatic carbocycles. The molecule has 0 aliphatic rings. The zero-order chi connectivity index (χ0) is 55.9. The number of ketones is 3. The highest BCUT2D eigenvalue weighted by Crippen LogP contribution is 2.31. The molecule has 15 nitrogen and oxygen atoms in total. The molecule has 9 rings (SSSR count). The Kier molecular flexibility index (Phi) is 19.4. The minimum atomic E-state index is -2.97. The Morgan fingerprint density at radius 1 is 0.449 bits per heavy atom. The van der Waals surface area contributed by atoms with Gasteiger partial charge >= 0.3 is 0 Å². The first-order chi connectivity index (χ1) is 37.3. The summed E-state index contributed by atoms with van der Waals surface area (Å²) < 4.78 is 26.6. The van der Waals surface area contributed by atoms with E-state index < -0.39 is 5.92 Å². The third-order valence-electron chi connectivity index (χ3n) is 11.9. The van der Waals surface area contributed by atoms with Gasteiger partial charge < -0.3 is 14.7 Å². The molecular formula is C58H51Cl3F2N12O3. The number of carbonyl (C=O) groups excluding carboxylic acids is 3.